The molecule has 0 fully saturated rings. The normalized spacial score (nSPS) is 10.8. The molecule has 1 heterocycles. The summed E-state index contributed by atoms with van der Waals surface area (Å²) in [6.45, 7) is 8.82. The SMILES string of the molecule is CCNCc1cnc(OCCC(C)C)cn1. The minimum absolute atomic E-state index is 0.612. The van der Waals surface area contributed by atoms with E-state index in [1.54, 1.807) is 12.4 Å². The summed E-state index contributed by atoms with van der Waals surface area (Å²) in [6, 6.07) is 0. The minimum Gasteiger partial charge on any atom is -0.477 e. The van der Waals surface area contributed by atoms with Crippen LogP contribution < -0.4 is 10.1 Å². The first kappa shape index (κ1) is 12.9. The van der Waals surface area contributed by atoms with Crippen LogP contribution in [-0.2, 0) is 6.54 Å². The van der Waals surface area contributed by atoms with E-state index in [0.717, 1.165) is 25.2 Å². The Labute approximate surface area is 97.5 Å². The van der Waals surface area contributed by atoms with E-state index in [1.165, 1.54) is 0 Å². The van der Waals surface area contributed by atoms with Crippen LogP contribution in [0, 0.1) is 5.92 Å². The summed E-state index contributed by atoms with van der Waals surface area (Å²) in [5.41, 5.74) is 0.943. The molecule has 4 heteroatoms. The lowest BCUT2D eigenvalue weighted by atomic mass is 10.1. The molecule has 0 spiro atoms. The average molecular weight is 223 g/mol. The van der Waals surface area contributed by atoms with E-state index in [2.05, 4.69) is 36.1 Å². The predicted molar refractivity (Wildman–Crippen MR) is 64.4 cm³/mol. The highest BCUT2D eigenvalue weighted by atomic mass is 16.5. The molecule has 0 radical (unpaired) electrons. The van der Waals surface area contributed by atoms with Crippen LogP contribution in [-0.4, -0.2) is 23.1 Å². The van der Waals surface area contributed by atoms with Crippen molar-refractivity contribution < 1.29 is 4.74 Å². The molecule has 0 aliphatic heterocycles. The summed E-state index contributed by atoms with van der Waals surface area (Å²) in [4.78, 5) is 8.47. The first-order valence-electron chi connectivity index (χ1n) is 5.86. The van der Waals surface area contributed by atoms with Gasteiger partial charge in [-0.25, -0.2) is 4.98 Å². The van der Waals surface area contributed by atoms with Gasteiger partial charge in [0, 0.05) is 6.54 Å². The van der Waals surface area contributed by atoms with Crippen molar-refractivity contribution in [2.75, 3.05) is 13.2 Å². The second kappa shape index (κ2) is 7.17. The second-order valence-electron chi connectivity index (χ2n) is 4.16. The average Bonchev–Trinajstić information content (AvgIpc) is 2.27. The van der Waals surface area contributed by atoms with E-state index in [-0.39, 0.29) is 0 Å². The number of hydrogen-bond acceptors (Lipinski definition) is 4. The maximum absolute atomic E-state index is 5.48. The maximum atomic E-state index is 5.48. The van der Waals surface area contributed by atoms with Crippen LogP contribution in [0.1, 0.15) is 32.9 Å². The Morgan fingerprint density at radius 3 is 2.69 bits per heavy atom. The second-order valence-corrected chi connectivity index (χ2v) is 4.16. The number of aromatic nitrogens is 2. The number of rotatable bonds is 7. The molecule has 1 aromatic rings. The van der Waals surface area contributed by atoms with Gasteiger partial charge in [-0.2, -0.15) is 0 Å². The standard InChI is InChI=1S/C12H21N3O/c1-4-13-7-11-8-15-12(9-14-11)16-6-5-10(2)3/h8-10,13H,4-7H2,1-3H3. The Morgan fingerprint density at radius 2 is 2.12 bits per heavy atom. The van der Waals surface area contributed by atoms with Crippen LogP contribution in [0.3, 0.4) is 0 Å². The molecule has 90 valence electrons. The fourth-order valence-corrected chi connectivity index (χ4v) is 1.16. The van der Waals surface area contributed by atoms with Crippen molar-refractivity contribution in [1.82, 2.24) is 15.3 Å². The summed E-state index contributed by atoms with van der Waals surface area (Å²) in [6.07, 6.45) is 4.49. The summed E-state index contributed by atoms with van der Waals surface area (Å²) >= 11 is 0. The predicted octanol–water partition coefficient (Wildman–Crippen LogP) is 2.01. The highest BCUT2D eigenvalue weighted by molar-refractivity contribution is 5.06. The van der Waals surface area contributed by atoms with Gasteiger partial charge in [-0.15, -0.1) is 0 Å². The third kappa shape index (κ3) is 5.07. The largest absolute Gasteiger partial charge is 0.477 e. The number of hydrogen-bond donors (Lipinski definition) is 1. The molecule has 0 saturated heterocycles. The van der Waals surface area contributed by atoms with E-state index in [0.29, 0.717) is 18.4 Å². The summed E-state index contributed by atoms with van der Waals surface area (Å²) in [5, 5.41) is 3.20. The Morgan fingerprint density at radius 1 is 1.31 bits per heavy atom. The summed E-state index contributed by atoms with van der Waals surface area (Å²) in [5.74, 6) is 1.27. The van der Waals surface area contributed by atoms with Gasteiger partial charge >= 0.3 is 0 Å². The minimum atomic E-state index is 0.612. The molecule has 0 aliphatic carbocycles. The Hall–Kier alpha value is -1.16. The van der Waals surface area contributed by atoms with Gasteiger partial charge in [0.2, 0.25) is 5.88 Å². The molecular weight excluding hydrogens is 202 g/mol. The molecule has 0 saturated carbocycles. The van der Waals surface area contributed by atoms with E-state index < -0.39 is 0 Å². The van der Waals surface area contributed by atoms with Crippen molar-refractivity contribution in [2.24, 2.45) is 5.92 Å². The van der Waals surface area contributed by atoms with Crippen LogP contribution in [0.25, 0.3) is 0 Å². The Bertz CT molecular complexity index is 285. The van der Waals surface area contributed by atoms with Crippen molar-refractivity contribution in [3.63, 3.8) is 0 Å². The Balaban J connectivity index is 2.33. The first-order valence-corrected chi connectivity index (χ1v) is 5.86. The zero-order valence-corrected chi connectivity index (χ0v) is 10.4. The van der Waals surface area contributed by atoms with E-state index in [4.69, 9.17) is 4.74 Å². The van der Waals surface area contributed by atoms with Gasteiger partial charge < -0.3 is 10.1 Å². The van der Waals surface area contributed by atoms with E-state index in [9.17, 15) is 0 Å². The molecule has 1 rings (SSSR count). The van der Waals surface area contributed by atoms with Crippen molar-refractivity contribution >= 4 is 0 Å². The molecule has 0 unspecified atom stereocenters. The fourth-order valence-electron chi connectivity index (χ4n) is 1.16. The van der Waals surface area contributed by atoms with Crippen LogP contribution in [0.5, 0.6) is 5.88 Å². The number of nitrogens with zero attached hydrogens (tertiary/aromatic N) is 2. The molecule has 0 amide bonds. The smallest absolute Gasteiger partial charge is 0.232 e. The van der Waals surface area contributed by atoms with Crippen molar-refractivity contribution in [1.29, 1.82) is 0 Å². The van der Waals surface area contributed by atoms with Crippen molar-refractivity contribution in [3.05, 3.63) is 18.1 Å². The highest BCUT2D eigenvalue weighted by Crippen LogP contribution is 2.06. The summed E-state index contributed by atoms with van der Waals surface area (Å²) in [7, 11) is 0. The third-order valence-electron chi connectivity index (χ3n) is 2.18. The topological polar surface area (TPSA) is 47.0 Å². The van der Waals surface area contributed by atoms with Crippen LogP contribution in [0.4, 0.5) is 0 Å². The van der Waals surface area contributed by atoms with Gasteiger partial charge in [-0.3, -0.25) is 4.98 Å². The van der Waals surface area contributed by atoms with Gasteiger partial charge in [0.1, 0.15) is 0 Å². The lowest BCUT2D eigenvalue weighted by Crippen LogP contribution is -2.13. The molecule has 0 aromatic carbocycles. The third-order valence-corrected chi connectivity index (χ3v) is 2.18. The van der Waals surface area contributed by atoms with Gasteiger partial charge in [-0.1, -0.05) is 20.8 Å². The first-order chi connectivity index (χ1) is 7.72. The molecule has 0 bridgehead atoms. The monoisotopic (exact) mass is 223 g/mol. The van der Waals surface area contributed by atoms with Crippen LogP contribution >= 0.6 is 0 Å². The van der Waals surface area contributed by atoms with E-state index in [1.807, 2.05) is 0 Å². The number of ether oxygens (including phenoxy) is 1. The van der Waals surface area contributed by atoms with Crippen molar-refractivity contribution in [2.45, 2.75) is 33.7 Å². The molecule has 0 atom stereocenters. The maximum Gasteiger partial charge on any atom is 0.232 e. The lowest BCUT2D eigenvalue weighted by molar-refractivity contribution is 0.278. The molecule has 1 N–H and O–H groups in total. The highest BCUT2D eigenvalue weighted by Gasteiger charge is 1.99. The number of nitrogens with one attached hydrogen (secondary N) is 1. The fraction of sp³-hybridized carbons (Fsp3) is 0.667. The van der Waals surface area contributed by atoms with E-state index >= 15 is 0 Å². The lowest BCUT2D eigenvalue weighted by Gasteiger charge is -2.07. The van der Waals surface area contributed by atoms with Gasteiger partial charge in [0.15, 0.2) is 0 Å². The molecule has 4 nitrogen and oxygen atoms in total. The molecule has 1 aromatic heterocycles. The quantitative estimate of drug-likeness (QED) is 0.768. The molecule has 0 aliphatic rings. The molecular formula is C12H21N3O. The molecule has 16 heavy (non-hydrogen) atoms. The van der Waals surface area contributed by atoms with Gasteiger partial charge in [0.05, 0.1) is 24.7 Å². The van der Waals surface area contributed by atoms with Crippen molar-refractivity contribution in [3.8, 4) is 5.88 Å². The van der Waals surface area contributed by atoms with Crippen LogP contribution in [0.15, 0.2) is 12.4 Å². The van der Waals surface area contributed by atoms with Gasteiger partial charge in [0.25, 0.3) is 0 Å². The Kier molecular flexibility index (Phi) is 5.78. The van der Waals surface area contributed by atoms with Crippen LogP contribution in [0.2, 0.25) is 0 Å². The summed E-state index contributed by atoms with van der Waals surface area (Å²) < 4.78 is 5.48. The zero-order valence-electron chi connectivity index (χ0n) is 10.4. The van der Waals surface area contributed by atoms with Gasteiger partial charge in [-0.05, 0) is 18.9 Å². The zero-order chi connectivity index (χ0) is 11.8.